The Morgan fingerprint density at radius 1 is 1.06 bits per heavy atom. The molecule has 2 nitrogen and oxygen atoms in total. The molecule has 0 aliphatic heterocycles. The lowest BCUT2D eigenvalue weighted by Gasteiger charge is -2.06. The van der Waals surface area contributed by atoms with Gasteiger partial charge in [0.1, 0.15) is 0 Å². The summed E-state index contributed by atoms with van der Waals surface area (Å²) in [6, 6.07) is 9.71. The predicted octanol–water partition coefficient (Wildman–Crippen LogP) is 4.39. The van der Waals surface area contributed by atoms with Crippen molar-refractivity contribution >= 4 is 34.1 Å². The number of halogens is 2. The Balaban J connectivity index is 2.08. The quantitative estimate of drug-likeness (QED) is 0.679. The van der Waals surface area contributed by atoms with Crippen molar-refractivity contribution in [3.8, 4) is 0 Å². The number of hydrogen-bond acceptors (Lipinski definition) is 1. The molecule has 0 N–H and O–H groups in total. The molecule has 0 amide bonds. The van der Waals surface area contributed by atoms with Gasteiger partial charge < -0.3 is 4.57 Å². The van der Waals surface area contributed by atoms with E-state index in [9.17, 15) is 0 Å². The van der Waals surface area contributed by atoms with Crippen LogP contribution >= 0.6 is 23.2 Å². The molecule has 3 aromatic rings. The number of hydrogen-bond donors (Lipinski definition) is 0. The van der Waals surface area contributed by atoms with E-state index in [0.717, 1.165) is 17.4 Å². The van der Waals surface area contributed by atoms with Crippen molar-refractivity contribution < 1.29 is 0 Å². The van der Waals surface area contributed by atoms with Crippen molar-refractivity contribution in [3.05, 3.63) is 64.5 Å². The van der Waals surface area contributed by atoms with Crippen LogP contribution in [0.5, 0.6) is 0 Å². The fourth-order valence-corrected chi connectivity index (χ4v) is 2.59. The average molecular weight is 277 g/mol. The molecule has 0 radical (unpaired) electrons. The van der Waals surface area contributed by atoms with Crippen LogP contribution < -0.4 is 0 Å². The van der Waals surface area contributed by atoms with Gasteiger partial charge in [-0.15, -0.1) is 0 Å². The first-order chi connectivity index (χ1) is 8.74. The summed E-state index contributed by atoms with van der Waals surface area (Å²) < 4.78 is 2.13. The highest BCUT2D eigenvalue weighted by Gasteiger charge is 2.06. The smallest absolute Gasteiger partial charge is 0.0514 e. The van der Waals surface area contributed by atoms with Crippen molar-refractivity contribution in [1.82, 2.24) is 9.55 Å². The lowest BCUT2D eigenvalue weighted by molar-refractivity contribution is 0.835. The summed E-state index contributed by atoms with van der Waals surface area (Å²) in [6.07, 6.45) is 5.61. The number of fused-ring (bicyclic) bond motifs is 1. The van der Waals surface area contributed by atoms with E-state index in [-0.39, 0.29) is 0 Å². The average Bonchev–Trinajstić information content (AvgIpc) is 2.74. The van der Waals surface area contributed by atoms with Crippen molar-refractivity contribution in [3.63, 3.8) is 0 Å². The zero-order chi connectivity index (χ0) is 12.5. The third-order valence-electron chi connectivity index (χ3n) is 2.91. The highest BCUT2D eigenvalue weighted by atomic mass is 35.5. The molecule has 0 saturated heterocycles. The zero-order valence-corrected chi connectivity index (χ0v) is 11.0. The number of aromatic nitrogens is 2. The number of benzene rings is 1. The molecule has 0 atom stereocenters. The summed E-state index contributed by atoms with van der Waals surface area (Å²) in [4.78, 5) is 4.01. The first-order valence-corrected chi connectivity index (χ1v) is 6.32. The van der Waals surface area contributed by atoms with Crippen molar-refractivity contribution in [2.24, 2.45) is 0 Å². The molecule has 18 heavy (non-hydrogen) atoms. The normalized spacial score (nSPS) is 11.0. The van der Waals surface area contributed by atoms with Gasteiger partial charge in [-0.05, 0) is 35.9 Å². The fraction of sp³-hybridized carbons (Fsp3) is 0.0714. The third kappa shape index (κ3) is 2.09. The van der Waals surface area contributed by atoms with Gasteiger partial charge in [-0.1, -0.05) is 23.2 Å². The summed E-state index contributed by atoms with van der Waals surface area (Å²) in [7, 11) is 0. The van der Waals surface area contributed by atoms with Gasteiger partial charge >= 0.3 is 0 Å². The van der Waals surface area contributed by atoms with E-state index in [2.05, 4.69) is 9.55 Å². The predicted molar refractivity (Wildman–Crippen MR) is 75.3 cm³/mol. The molecule has 0 fully saturated rings. The summed E-state index contributed by atoms with van der Waals surface area (Å²) in [5.74, 6) is 0. The van der Waals surface area contributed by atoms with Gasteiger partial charge in [0.25, 0.3) is 0 Å². The molecule has 1 aromatic carbocycles. The van der Waals surface area contributed by atoms with Gasteiger partial charge in [0, 0.05) is 35.5 Å². The first kappa shape index (κ1) is 11.6. The van der Waals surface area contributed by atoms with Crippen LogP contribution in [0.3, 0.4) is 0 Å². The Morgan fingerprint density at radius 3 is 2.61 bits per heavy atom. The number of rotatable bonds is 2. The zero-order valence-electron chi connectivity index (χ0n) is 9.48. The Hall–Kier alpha value is -1.51. The molecular weight excluding hydrogens is 267 g/mol. The highest BCUT2D eigenvalue weighted by molar-refractivity contribution is 6.38. The lowest BCUT2D eigenvalue weighted by Crippen LogP contribution is -1.97. The summed E-state index contributed by atoms with van der Waals surface area (Å²) in [5.41, 5.74) is 2.24. The standard InChI is InChI=1S/C14H10Cl2N2/c15-11-7-13(16)12-3-6-18(14(12)8-11)9-10-1-4-17-5-2-10/h1-8H,9H2. The molecular formula is C14H10Cl2N2. The molecule has 2 heterocycles. The van der Waals surface area contributed by atoms with Crippen LogP contribution in [0, 0.1) is 0 Å². The molecule has 2 aromatic heterocycles. The van der Waals surface area contributed by atoms with E-state index in [0.29, 0.717) is 10.0 Å². The lowest BCUT2D eigenvalue weighted by atomic mass is 10.2. The molecule has 0 spiro atoms. The van der Waals surface area contributed by atoms with Crippen LogP contribution in [0.15, 0.2) is 48.9 Å². The fourth-order valence-electron chi connectivity index (χ4n) is 2.04. The van der Waals surface area contributed by atoms with E-state index in [1.165, 1.54) is 5.56 Å². The topological polar surface area (TPSA) is 17.8 Å². The first-order valence-electron chi connectivity index (χ1n) is 5.57. The van der Waals surface area contributed by atoms with Gasteiger partial charge in [-0.2, -0.15) is 0 Å². The minimum Gasteiger partial charge on any atom is -0.343 e. The maximum Gasteiger partial charge on any atom is 0.0514 e. The minimum atomic E-state index is 0.655. The molecule has 3 rings (SSSR count). The van der Waals surface area contributed by atoms with Gasteiger partial charge in [0.05, 0.1) is 10.5 Å². The second kappa shape index (κ2) is 4.63. The Bertz CT molecular complexity index is 690. The van der Waals surface area contributed by atoms with Crippen LogP contribution in [0.25, 0.3) is 10.9 Å². The van der Waals surface area contributed by atoms with Crippen molar-refractivity contribution in [2.75, 3.05) is 0 Å². The van der Waals surface area contributed by atoms with E-state index < -0.39 is 0 Å². The molecule has 0 aliphatic rings. The van der Waals surface area contributed by atoms with Crippen molar-refractivity contribution in [2.45, 2.75) is 6.54 Å². The third-order valence-corrected chi connectivity index (χ3v) is 3.44. The van der Waals surface area contributed by atoms with Gasteiger partial charge in [0.15, 0.2) is 0 Å². The van der Waals surface area contributed by atoms with Crippen LogP contribution in [0.4, 0.5) is 0 Å². The maximum absolute atomic E-state index is 6.17. The van der Waals surface area contributed by atoms with E-state index in [1.807, 2.05) is 30.5 Å². The van der Waals surface area contributed by atoms with Crippen molar-refractivity contribution in [1.29, 1.82) is 0 Å². The highest BCUT2D eigenvalue weighted by Crippen LogP contribution is 2.29. The molecule has 0 unspecified atom stereocenters. The largest absolute Gasteiger partial charge is 0.343 e. The summed E-state index contributed by atoms with van der Waals surface area (Å²) >= 11 is 12.2. The van der Waals surface area contributed by atoms with E-state index in [1.54, 1.807) is 18.5 Å². The summed E-state index contributed by atoms with van der Waals surface area (Å²) in [5, 5.41) is 2.36. The van der Waals surface area contributed by atoms with E-state index >= 15 is 0 Å². The SMILES string of the molecule is Clc1cc(Cl)c2ccn(Cc3ccncc3)c2c1. The van der Waals surface area contributed by atoms with Crippen LogP contribution in [-0.2, 0) is 6.54 Å². The van der Waals surface area contributed by atoms with Crippen LogP contribution in [0.2, 0.25) is 10.0 Å². The minimum absolute atomic E-state index is 0.655. The Kier molecular flexibility index (Phi) is 2.98. The van der Waals surface area contributed by atoms with Gasteiger partial charge in [-0.3, -0.25) is 4.98 Å². The number of pyridine rings is 1. The second-order valence-electron chi connectivity index (χ2n) is 4.12. The Morgan fingerprint density at radius 2 is 1.83 bits per heavy atom. The number of nitrogens with zero attached hydrogens (tertiary/aromatic N) is 2. The molecule has 90 valence electrons. The molecule has 0 saturated carbocycles. The molecule has 0 bridgehead atoms. The maximum atomic E-state index is 6.17. The summed E-state index contributed by atoms with van der Waals surface area (Å²) in [6.45, 7) is 0.780. The van der Waals surface area contributed by atoms with E-state index in [4.69, 9.17) is 23.2 Å². The van der Waals surface area contributed by atoms with Gasteiger partial charge in [-0.25, -0.2) is 0 Å². The van der Waals surface area contributed by atoms with Crippen LogP contribution in [-0.4, -0.2) is 9.55 Å². The molecule has 0 aliphatic carbocycles. The molecule has 4 heteroatoms. The Labute approximate surface area is 115 Å². The monoisotopic (exact) mass is 276 g/mol. The van der Waals surface area contributed by atoms with Gasteiger partial charge in [0.2, 0.25) is 0 Å². The van der Waals surface area contributed by atoms with Crippen LogP contribution in [0.1, 0.15) is 5.56 Å². The second-order valence-corrected chi connectivity index (χ2v) is 4.96.